The van der Waals surface area contributed by atoms with Crippen LogP contribution in [0.2, 0.25) is 0 Å². The fourth-order valence-electron chi connectivity index (χ4n) is 8.37. The number of fused-ring (bicyclic) bond motifs is 1. The molecule has 2 aliphatic heterocycles. The summed E-state index contributed by atoms with van der Waals surface area (Å²) in [6.07, 6.45) is 3.86. The van der Waals surface area contributed by atoms with Crippen molar-refractivity contribution in [1.82, 2.24) is 40.4 Å². The van der Waals surface area contributed by atoms with Crippen LogP contribution in [-0.2, 0) is 23.9 Å². The fourth-order valence-corrected chi connectivity index (χ4v) is 8.37. The number of benzene rings is 4. The Kier molecular flexibility index (Phi) is 11.9. The molecule has 15 nitrogen and oxygen atoms in total. The summed E-state index contributed by atoms with van der Waals surface area (Å²) in [5, 5.41) is 7.44. The fraction of sp³-hybridized carbons (Fsp3) is 0.298. The monoisotopic (exact) mass is 836 g/mol. The van der Waals surface area contributed by atoms with Gasteiger partial charge in [-0.2, -0.15) is 0 Å². The number of alkyl carbamates (subject to hydrolysis) is 2. The van der Waals surface area contributed by atoms with E-state index in [1.807, 2.05) is 68.4 Å². The van der Waals surface area contributed by atoms with Crippen LogP contribution in [0.25, 0.3) is 44.4 Å². The third-order valence-corrected chi connectivity index (χ3v) is 11.7. The van der Waals surface area contributed by atoms with Crippen molar-refractivity contribution in [3.63, 3.8) is 0 Å². The van der Waals surface area contributed by atoms with Crippen LogP contribution in [0.1, 0.15) is 68.4 Å². The van der Waals surface area contributed by atoms with E-state index in [-0.39, 0.29) is 42.5 Å². The molecule has 0 radical (unpaired) electrons. The number of rotatable bonds is 11. The lowest BCUT2D eigenvalue weighted by molar-refractivity contribution is -0.136. The lowest BCUT2D eigenvalue weighted by atomic mass is 9.98. The molecule has 8 rings (SSSR count). The highest BCUT2D eigenvalue weighted by Crippen LogP contribution is 2.36. The van der Waals surface area contributed by atoms with Gasteiger partial charge in [0, 0.05) is 30.3 Å². The number of carbonyl (C=O) groups excluding carboxylic acids is 5. The van der Waals surface area contributed by atoms with Crippen LogP contribution < -0.4 is 10.6 Å². The Labute approximate surface area is 358 Å². The number of nitrogens with one attached hydrogen (secondary N) is 4. The van der Waals surface area contributed by atoms with Crippen molar-refractivity contribution in [1.29, 1.82) is 0 Å². The Morgan fingerprint density at radius 3 is 2.13 bits per heavy atom. The van der Waals surface area contributed by atoms with Crippen LogP contribution in [0.4, 0.5) is 9.59 Å². The Balaban J connectivity index is 0.950. The number of Topliss-reactive ketones (excluding diaryl/α,β-unsaturated/α-hetero) is 1. The zero-order valence-corrected chi connectivity index (χ0v) is 34.9. The first-order chi connectivity index (χ1) is 30.0. The van der Waals surface area contributed by atoms with Crippen LogP contribution >= 0.6 is 0 Å². The topological polar surface area (TPSA) is 192 Å². The summed E-state index contributed by atoms with van der Waals surface area (Å²) >= 11 is 0. The third kappa shape index (κ3) is 8.51. The zero-order chi connectivity index (χ0) is 43.5. The molecule has 6 aromatic rings. The minimum Gasteiger partial charge on any atom is -0.453 e. The zero-order valence-electron chi connectivity index (χ0n) is 34.9. The van der Waals surface area contributed by atoms with Crippen LogP contribution in [-0.4, -0.2) is 92.9 Å². The van der Waals surface area contributed by atoms with Crippen molar-refractivity contribution in [2.45, 2.75) is 57.3 Å². The van der Waals surface area contributed by atoms with Crippen LogP contribution in [0.3, 0.4) is 0 Å². The molecule has 0 unspecified atom stereocenters. The lowest BCUT2D eigenvalue weighted by Crippen LogP contribution is -2.51. The molecule has 4 aromatic carbocycles. The second-order valence-electron chi connectivity index (χ2n) is 16.0. The lowest BCUT2D eigenvalue weighted by Gasteiger charge is -2.29. The molecular formula is C47H48N8O7. The van der Waals surface area contributed by atoms with Gasteiger partial charge in [-0.15, -0.1) is 0 Å². The largest absolute Gasteiger partial charge is 0.453 e. The number of imidazole rings is 2. The molecule has 4 N–H and O–H groups in total. The molecule has 4 heterocycles. The molecule has 62 heavy (non-hydrogen) atoms. The van der Waals surface area contributed by atoms with Gasteiger partial charge in [0.05, 0.1) is 50.4 Å². The highest BCUT2D eigenvalue weighted by Gasteiger charge is 2.41. The van der Waals surface area contributed by atoms with E-state index in [4.69, 9.17) is 19.4 Å². The van der Waals surface area contributed by atoms with Gasteiger partial charge < -0.3 is 39.9 Å². The molecule has 2 saturated heterocycles. The highest BCUT2D eigenvalue weighted by atomic mass is 16.5. The number of amides is 4. The first-order valence-corrected chi connectivity index (χ1v) is 20.6. The standard InChI is InChI=1S/C47H48N8O7/c1-27(2)40(52-46(59)61-3)44(57)55-26-35(56)23-39(55)43-49-24-36(50-43)29-14-12-28(13-15-29)31-16-17-33-22-34(19-18-32(33)21-31)37-25-48-42(51-37)38-11-8-20-54(38)45(58)41(53-47(60)62-4)30-9-6-5-7-10-30/h5-7,9-10,12-19,21-22,24-25,27,38-41H,8,11,20,23,26H2,1-4H3,(H,48,51)(H,49,50)(H,52,59)(H,53,60)/t38-,39-,40-,41+/m0/s1. The molecule has 4 atom stereocenters. The van der Waals surface area contributed by atoms with E-state index in [2.05, 4.69) is 57.0 Å². The predicted molar refractivity (Wildman–Crippen MR) is 231 cm³/mol. The summed E-state index contributed by atoms with van der Waals surface area (Å²) in [4.78, 5) is 83.8. The predicted octanol–water partition coefficient (Wildman–Crippen LogP) is 7.27. The first kappa shape index (κ1) is 41.4. The summed E-state index contributed by atoms with van der Waals surface area (Å²) in [5.74, 6) is 0.297. The molecule has 2 aromatic heterocycles. The van der Waals surface area contributed by atoms with Crippen molar-refractivity contribution in [2.24, 2.45) is 5.92 Å². The number of methoxy groups -OCH3 is 2. The molecule has 318 valence electrons. The molecule has 0 spiro atoms. The molecule has 0 saturated carbocycles. The Morgan fingerprint density at radius 1 is 0.758 bits per heavy atom. The smallest absolute Gasteiger partial charge is 0.407 e. The van der Waals surface area contributed by atoms with Gasteiger partial charge in [0.1, 0.15) is 23.7 Å². The first-order valence-electron chi connectivity index (χ1n) is 20.6. The maximum atomic E-state index is 13.9. The van der Waals surface area contributed by atoms with E-state index in [9.17, 15) is 24.0 Å². The normalized spacial score (nSPS) is 17.3. The number of ether oxygens (including phenoxy) is 2. The SMILES string of the molecule is COC(=O)N[C@H](C(=O)N1CC(=O)C[C@H]1c1nc(-c2ccc(-c3ccc4cc(-c5cnc([C@@H]6CCCN6C(=O)[C@H](NC(=O)OC)c6ccccc6)[nH]5)ccc4c3)cc2)c[nH]1)C(C)C. The molecule has 0 aliphatic carbocycles. The van der Waals surface area contributed by atoms with E-state index in [0.29, 0.717) is 29.5 Å². The van der Waals surface area contributed by atoms with Gasteiger partial charge in [-0.05, 0) is 58.4 Å². The van der Waals surface area contributed by atoms with Crippen LogP contribution in [0, 0.1) is 5.92 Å². The molecular weight excluding hydrogens is 789 g/mol. The van der Waals surface area contributed by atoms with Gasteiger partial charge in [0.2, 0.25) is 5.91 Å². The highest BCUT2D eigenvalue weighted by molar-refractivity contribution is 5.94. The van der Waals surface area contributed by atoms with Crippen LogP contribution in [0.5, 0.6) is 0 Å². The van der Waals surface area contributed by atoms with E-state index in [0.717, 1.165) is 51.6 Å². The molecule has 2 fully saturated rings. The number of aromatic nitrogens is 4. The Bertz CT molecular complexity index is 2620. The van der Waals surface area contributed by atoms with Gasteiger partial charge in [-0.25, -0.2) is 19.6 Å². The van der Waals surface area contributed by atoms with Crippen molar-refractivity contribution in [3.8, 4) is 33.6 Å². The van der Waals surface area contributed by atoms with Crippen molar-refractivity contribution in [2.75, 3.05) is 27.3 Å². The average Bonchev–Trinajstić information content (AvgIpc) is 4.14. The second kappa shape index (κ2) is 17.7. The van der Waals surface area contributed by atoms with Gasteiger partial charge in [0.15, 0.2) is 5.78 Å². The number of aromatic amines is 2. The summed E-state index contributed by atoms with van der Waals surface area (Å²) in [7, 11) is 2.52. The van der Waals surface area contributed by atoms with E-state index >= 15 is 0 Å². The summed E-state index contributed by atoms with van der Waals surface area (Å²) in [5.41, 5.74) is 6.09. The number of H-pyrrole nitrogens is 2. The van der Waals surface area contributed by atoms with Crippen LogP contribution in [0.15, 0.2) is 103 Å². The minimum atomic E-state index is -0.892. The van der Waals surface area contributed by atoms with Crippen molar-refractivity contribution in [3.05, 3.63) is 121 Å². The summed E-state index contributed by atoms with van der Waals surface area (Å²) < 4.78 is 9.55. The number of hydrogen-bond donors (Lipinski definition) is 4. The Morgan fingerprint density at radius 2 is 1.42 bits per heavy atom. The van der Waals surface area contributed by atoms with Gasteiger partial charge >= 0.3 is 12.2 Å². The van der Waals surface area contributed by atoms with Gasteiger partial charge in [-0.3, -0.25) is 14.4 Å². The average molecular weight is 837 g/mol. The van der Waals surface area contributed by atoms with E-state index in [1.54, 1.807) is 17.3 Å². The molecule has 15 heteroatoms. The number of nitrogens with zero attached hydrogens (tertiary/aromatic N) is 4. The molecule has 4 amide bonds. The number of hydrogen-bond acceptors (Lipinski definition) is 9. The summed E-state index contributed by atoms with van der Waals surface area (Å²) in [6.45, 7) is 4.13. The van der Waals surface area contributed by atoms with Gasteiger partial charge in [0.25, 0.3) is 5.91 Å². The number of likely N-dealkylation sites (tertiary alicyclic amines) is 2. The number of ketones is 1. The third-order valence-electron chi connectivity index (χ3n) is 11.7. The Hall–Kier alpha value is -7.29. The van der Waals surface area contributed by atoms with Crippen molar-refractivity contribution < 1.29 is 33.4 Å². The van der Waals surface area contributed by atoms with E-state index in [1.165, 1.54) is 19.1 Å². The summed E-state index contributed by atoms with van der Waals surface area (Å²) in [6, 6.07) is 27.2. The van der Waals surface area contributed by atoms with Gasteiger partial charge in [-0.1, -0.05) is 92.7 Å². The van der Waals surface area contributed by atoms with Crippen molar-refractivity contribution >= 4 is 40.6 Å². The second-order valence-corrected chi connectivity index (χ2v) is 16.0. The maximum absolute atomic E-state index is 13.9. The number of carbonyl (C=O) groups is 5. The molecule has 2 aliphatic rings. The quantitative estimate of drug-likeness (QED) is 0.104. The van der Waals surface area contributed by atoms with E-state index < -0.39 is 30.3 Å². The maximum Gasteiger partial charge on any atom is 0.407 e. The molecule has 0 bridgehead atoms. The minimum absolute atomic E-state index is 0.0593.